The Morgan fingerprint density at radius 3 is 2.24 bits per heavy atom. The molecule has 1 aromatic heterocycles. The van der Waals surface area contributed by atoms with Gasteiger partial charge in [-0.05, 0) is 60.9 Å². The number of imidazole rings is 1. The molecule has 0 radical (unpaired) electrons. The first-order valence-corrected chi connectivity index (χ1v) is 13.8. The van der Waals surface area contributed by atoms with Gasteiger partial charge in [0.15, 0.2) is 0 Å². The molecular formula is C30H32Cl2N4O2. The molecule has 0 aliphatic carbocycles. The van der Waals surface area contributed by atoms with Crippen LogP contribution in [0.5, 0.6) is 0 Å². The van der Waals surface area contributed by atoms with Crippen LogP contribution in [0, 0.1) is 0 Å². The first-order chi connectivity index (χ1) is 18.3. The van der Waals surface area contributed by atoms with E-state index in [0.717, 1.165) is 60.0 Å². The second-order valence-corrected chi connectivity index (χ2v) is 10.8. The molecule has 0 saturated carbocycles. The lowest BCUT2D eigenvalue weighted by Gasteiger charge is -2.38. The quantitative estimate of drug-likeness (QED) is 0.258. The van der Waals surface area contributed by atoms with Gasteiger partial charge in [0.2, 0.25) is 5.91 Å². The molecule has 0 atom stereocenters. The molecule has 1 aliphatic heterocycles. The van der Waals surface area contributed by atoms with Gasteiger partial charge >= 0.3 is 5.69 Å². The average Bonchev–Trinajstić information content (AvgIpc) is 3.18. The summed E-state index contributed by atoms with van der Waals surface area (Å²) in [6, 6.07) is 17.8. The smallest absolute Gasteiger partial charge is 0.309 e. The van der Waals surface area contributed by atoms with Crippen molar-refractivity contribution in [2.24, 2.45) is 0 Å². The van der Waals surface area contributed by atoms with Gasteiger partial charge in [0.25, 0.3) is 0 Å². The molecule has 0 N–H and O–H groups in total. The minimum absolute atomic E-state index is 0.0583. The predicted molar refractivity (Wildman–Crippen MR) is 158 cm³/mol. The van der Waals surface area contributed by atoms with E-state index in [9.17, 15) is 9.59 Å². The molecule has 1 aliphatic rings. The van der Waals surface area contributed by atoms with Crippen LogP contribution < -0.4 is 10.6 Å². The Morgan fingerprint density at radius 1 is 0.974 bits per heavy atom. The van der Waals surface area contributed by atoms with Crippen LogP contribution in [-0.2, 0) is 11.3 Å². The topological polar surface area (TPSA) is 50.5 Å². The van der Waals surface area contributed by atoms with Crippen molar-refractivity contribution in [3.8, 4) is 0 Å². The number of allylic oxidation sites excluding steroid dienone is 1. The van der Waals surface area contributed by atoms with Crippen LogP contribution in [-0.4, -0.2) is 45.6 Å². The van der Waals surface area contributed by atoms with Gasteiger partial charge < -0.3 is 9.80 Å². The lowest BCUT2D eigenvalue weighted by molar-refractivity contribution is -0.119. The highest BCUT2D eigenvalue weighted by Gasteiger charge is 2.29. The number of anilines is 1. The molecule has 4 aromatic rings. The van der Waals surface area contributed by atoms with Crippen LogP contribution in [0.25, 0.3) is 27.5 Å². The summed E-state index contributed by atoms with van der Waals surface area (Å²) in [6.07, 6.45) is 2.11. The summed E-state index contributed by atoms with van der Waals surface area (Å²) in [5.41, 5.74) is 3.24. The Balaban J connectivity index is 1.33. The van der Waals surface area contributed by atoms with Crippen molar-refractivity contribution in [1.82, 2.24) is 14.0 Å². The van der Waals surface area contributed by atoms with Crippen molar-refractivity contribution in [2.45, 2.75) is 45.7 Å². The van der Waals surface area contributed by atoms with Crippen LogP contribution in [0.15, 0.2) is 66.0 Å². The zero-order valence-electron chi connectivity index (χ0n) is 21.8. The lowest BCUT2D eigenvalue weighted by atomic mass is 10.0. The molecule has 2 heterocycles. The van der Waals surface area contributed by atoms with Crippen LogP contribution >= 0.6 is 23.2 Å². The van der Waals surface area contributed by atoms with Crippen molar-refractivity contribution in [3.63, 3.8) is 0 Å². The summed E-state index contributed by atoms with van der Waals surface area (Å²) in [6.45, 7) is 10.8. The second kappa shape index (κ2) is 11.0. The Kier molecular flexibility index (Phi) is 7.66. The third-order valence-corrected chi connectivity index (χ3v) is 8.23. The monoisotopic (exact) mass is 550 g/mol. The van der Waals surface area contributed by atoms with E-state index in [1.165, 1.54) is 0 Å². The fourth-order valence-corrected chi connectivity index (χ4v) is 5.82. The van der Waals surface area contributed by atoms with Crippen molar-refractivity contribution in [1.29, 1.82) is 0 Å². The molecule has 3 aromatic carbocycles. The van der Waals surface area contributed by atoms with E-state index in [4.69, 9.17) is 23.2 Å². The minimum atomic E-state index is -0.0583. The van der Waals surface area contributed by atoms with E-state index in [1.807, 2.05) is 41.5 Å². The fraction of sp³-hybridized carbons (Fsp3) is 0.333. The van der Waals surface area contributed by atoms with Crippen LogP contribution in [0.1, 0.15) is 33.1 Å². The molecule has 38 heavy (non-hydrogen) atoms. The number of carbonyl (C=O) groups excluding carboxylic acids is 1. The van der Waals surface area contributed by atoms with Gasteiger partial charge in [-0.25, -0.2) is 4.79 Å². The highest BCUT2D eigenvalue weighted by Crippen LogP contribution is 2.31. The molecule has 1 fully saturated rings. The number of halogens is 2. The predicted octanol–water partition coefficient (Wildman–Crippen LogP) is 6.66. The summed E-state index contributed by atoms with van der Waals surface area (Å²) >= 11 is 12.4. The number of rotatable bonds is 7. The normalized spacial score (nSPS) is 14.8. The molecule has 0 bridgehead atoms. The average molecular weight is 552 g/mol. The Morgan fingerprint density at radius 2 is 1.63 bits per heavy atom. The molecule has 198 valence electrons. The zero-order chi connectivity index (χ0) is 27.0. The van der Waals surface area contributed by atoms with E-state index < -0.39 is 0 Å². The number of aromatic nitrogens is 2. The SMILES string of the molecule is C=C(C)n1c(=O)n(CCN2CCC(N(C(=O)CC)c3ccc(Cl)c(Cl)c3)CC2)c2cc3ccccc3cc21. The van der Waals surface area contributed by atoms with Gasteiger partial charge in [0, 0.05) is 50.0 Å². The highest BCUT2D eigenvalue weighted by molar-refractivity contribution is 6.42. The zero-order valence-corrected chi connectivity index (χ0v) is 23.3. The van der Waals surface area contributed by atoms with E-state index in [2.05, 4.69) is 35.7 Å². The number of benzene rings is 3. The van der Waals surface area contributed by atoms with Crippen molar-refractivity contribution in [3.05, 3.63) is 81.7 Å². The van der Waals surface area contributed by atoms with Crippen molar-refractivity contribution >= 4 is 62.3 Å². The number of hydrogen-bond donors (Lipinski definition) is 0. The largest absolute Gasteiger partial charge is 0.333 e. The van der Waals surface area contributed by atoms with Crippen LogP contribution in [0.4, 0.5) is 5.69 Å². The van der Waals surface area contributed by atoms with E-state index in [1.54, 1.807) is 16.7 Å². The molecule has 1 saturated heterocycles. The maximum atomic E-state index is 13.4. The van der Waals surface area contributed by atoms with Crippen LogP contribution in [0.3, 0.4) is 0 Å². The van der Waals surface area contributed by atoms with E-state index in [0.29, 0.717) is 28.7 Å². The number of piperidine rings is 1. The molecule has 8 heteroatoms. The highest BCUT2D eigenvalue weighted by atomic mass is 35.5. The van der Waals surface area contributed by atoms with Gasteiger partial charge in [0.05, 0.1) is 21.1 Å². The second-order valence-electron chi connectivity index (χ2n) is 9.98. The van der Waals surface area contributed by atoms with Crippen molar-refractivity contribution < 1.29 is 4.79 Å². The molecular weight excluding hydrogens is 519 g/mol. The first kappa shape index (κ1) is 26.5. The number of hydrogen-bond acceptors (Lipinski definition) is 3. The van der Waals surface area contributed by atoms with Gasteiger partial charge in [-0.15, -0.1) is 0 Å². The summed E-state index contributed by atoms with van der Waals surface area (Å²) in [4.78, 5) is 30.6. The number of nitrogens with zero attached hydrogens (tertiary/aromatic N) is 4. The van der Waals surface area contributed by atoms with E-state index >= 15 is 0 Å². The number of amides is 1. The summed E-state index contributed by atoms with van der Waals surface area (Å²) in [5.74, 6) is 0.0771. The maximum absolute atomic E-state index is 13.4. The van der Waals surface area contributed by atoms with Gasteiger partial charge in [-0.2, -0.15) is 0 Å². The molecule has 1 amide bonds. The minimum Gasteiger partial charge on any atom is -0.309 e. The summed E-state index contributed by atoms with van der Waals surface area (Å²) < 4.78 is 3.57. The van der Waals surface area contributed by atoms with Crippen LogP contribution in [0.2, 0.25) is 10.0 Å². The third kappa shape index (κ3) is 5.00. The molecule has 0 unspecified atom stereocenters. The van der Waals surface area contributed by atoms with Gasteiger partial charge in [-0.3, -0.25) is 13.9 Å². The third-order valence-electron chi connectivity index (χ3n) is 7.49. The molecule has 5 rings (SSSR count). The van der Waals surface area contributed by atoms with E-state index in [-0.39, 0.29) is 17.6 Å². The maximum Gasteiger partial charge on any atom is 0.333 e. The lowest BCUT2D eigenvalue weighted by Crippen LogP contribution is -2.48. The Bertz CT molecular complexity index is 1580. The number of likely N-dealkylation sites (tertiary alicyclic amines) is 1. The van der Waals surface area contributed by atoms with Crippen molar-refractivity contribution in [2.75, 3.05) is 24.5 Å². The fourth-order valence-electron chi connectivity index (χ4n) is 5.53. The molecule has 6 nitrogen and oxygen atoms in total. The summed E-state index contributed by atoms with van der Waals surface area (Å²) in [5, 5.41) is 3.13. The van der Waals surface area contributed by atoms with Gasteiger partial charge in [0.1, 0.15) is 0 Å². The Labute approximate surface area is 232 Å². The standard InChI is InChI=1S/C30H32Cl2N4O2/c1-4-29(37)36(24-9-10-25(31)26(32)19-24)23-11-13-33(14-12-23)15-16-34-27-17-21-7-5-6-8-22(21)18-28(27)35(20(2)3)30(34)38/h5-10,17-19,23H,2,4,11-16H2,1,3H3. The Hall–Kier alpha value is -3.06. The summed E-state index contributed by atoms with van der Waals surface area (Å²) in [7, 11) is 0. The molecule has 0 spiro atoms. The number of fused-ring (bicyclic) bond motifs is 2. The number of carbonyl (C=O) groups is 1. The first-order valence-electron chi connectivity index (χ1n) is 13.1. The van der Waals surface area contributed by atoms with Gasteiger partial charge in [-0.1, -0.05) is 61.0 Å².